The van der Waals surface area contributed by atoms with Crippen LogP contribution in [0.25, 0.3) is 10.2 Å². The van der Waals surface area contributed by atoms with Gasteiger partial charge in [-0.25, -0.2) is 14.8 Å². The van der Waals surface area contributed by atoms with Crippen LogP contribution in [0.5, 0.6) is 5.75 Å². The van der Waals surface area contributed by atoms with Crippen LogP contribution in [0.1, 0.15) is 21.5 Å². The summed E-state index contributed by atoms with van der Waals surface area (Å²) in [6, 6.07) is 1.67. The highest BCUT2D eigenvalue weighted by Gasteiger charge is 2.22. The van der Waals surface area contributed by atoms with E-state index in [2.05, 4.69) is 15.1 Å². The monoisotopic (exact) mass is 383 g/mol. The van der Waals surface area contributed by atoms with Crippen LogP contribution in [0, 0.1) is 0 Å². The van der Waals surface area contributed by atoms with Crippen molar-refractivity contribution in [3.63, 3.8) is 0 Å². The fraction of sp³-hybridized carbons (Fsp3) is 0.118. The number of carboxylic acid groups (broad SMARTS) is 1. The van der Waals surface area contributed by atoms with Crippen molar-refractivity contribution in [2.24, 2.45) is 0 Å². The number of nitrogens with zero attached hydrogens (tertiary/aromatic N) is 5. The van der Waals surface area contributed by atoms with Crippen molar-refractivity contribution in [3.8, 4) is 5.75 Å². The molecule has 0 spiro atoms. The molecule has 0 saturated heterocycles. The third-order valence-corrected chi connectivity index (χ3v) is 4.97. The average Bonchev–Trinajstić information content (AvgIpc) is 3.29. The number of hydrogen-bond donors (Lipinski definition) is 2. The molecule has 9 nitrogen and oxygen atoms in total. The van der Waals surface area contributed by atoms with Crippen molar-refractivity contribution >= 4 is 27.5 Å². The summed E-state index contributed by atoms with van der Waals surface area (Å²) in [6.45, 7) is 0.637. The van der Waals surface area contributed by atoms with Gasteiger partial charge in [-0.3, -0.25) is 14.0 Å². The fourth-order valence-corrected chi connectivity index (χ4v) is 3.80. The molecule has 10 heteroatoms. The standard InChI is InChI=1S/C17H13N5O4S/c23-14-13(17(25)26)15-12(1-2-27-15)22(16(14)24)8-11-5-20-21(7-11)6-10-3-18-9-19-4-10/h1-5,7,9,23H,6,8H2,(H,25,26). The molecule has 0 aliphatic rings. The minimum atomic E-state index is -1.33. The van der Waals surface area contributed by atoms with E-state index < -0.39 is 17.3 Å². The van der Waals surface area contributed by atoms with Crippen LogP contribution >= 0.6 is 11.3 Å². The Kier molecular flexibility index (Phi) is 4.16. The van der Waals surface area contributed by atoms with Gasteiger partial charge in [-0.15, -0.1) is 11.3 Å². The van der Waals surface area contributed by atoms with Crippen LogP contribution in [-0.4, -0.2) is 40.5 Å². The molecule has 0 atom stereocenters. The number of carboxylic acids is 1. The number of aromatic carboxylic acids is 1. The minimum absolute atomic E-state index is 0.158. The van der Waals surface area contributed by atoms with Gasteiger partial charge in [0.1, 0.15) is 11.9 Å². The van der Waals surface area contributed by atoms with Gasteiger partial charge in [0.05, 0.1) is 29.5 Å². The lowest BCUT2D eigenvalue weighted by Gasteiger charge is -2.09. The summed E-state index contributed by atoms with van der Waals surface area (Å²) in [5.41, 5.74) is 0.977. The molecular weight excluding hydrogens is 370 g/mol. The van der Waals surface area contributed by atoms with Gasteiger partial charge in [-0.2, -0.15) is 5.10 Å². The molecule has 4 aromatic rings. The number of rotatable bonds is 5. The van der Waals surface area contributed by atoms with Gasteiger partial charge in [0.15, 0.2) is 5.75 Å². The first kappa shape index (κ1) is 16.9. The van der Waals surface area contributed by atoms with Crippen LogP contribution in [0.2, 0.25) is 0 Å². The van der Waals surface area contributed by atoms with Gasteiger partial charge >= 0.3 is 5.97 Å². The molecule has 4 aromatic heterocycles. The van der Waals surface area contributed by atoms with E-state index in [1.165, 1.54) is 10.9 Å². The van der Waals surface area contributed by atoms with Crippen molar-refractivity contribution in [3.05, 3.63) is 69.6 Å². The normalized spacial score (nSPS) is 11.1. The van der Waals surface area contributed by atoms with Crippen molar-refractivity contribution < 1.29 is 15.0 Å². The van der Waals surface area contributed by atoms with Gasteiger partial charge < -0.3 is 10.2 Å². The number of pyridine rings is 1. The minimum Gasteiger partial charge on any atom is -0.502 e. The molecule has 2 N–H and O–H groups in total. The number of thiophene rings is 1. The van der Waals surface area contributed by atoms with Crippen molar-refractivity contribution in [2.45, 2.75) is 13.1 Å². The lowest BCUT2D eigenvalue weighted by Crippen LogP contribution is -2.22. The Morgan fingerprint density at radius 1 is 1.15 bits per heavy atom. The summed E-state index contributed by atoms with van der Waals surface area (Å²) in [7, 11) is 0. The van der Waals surface area contributed by atoms with Gasteiger partial charge in [0.25, 0.3) is 5.56 Å². The van der Waals surface area contributed by atoms with E-state index >= 15 is 0 Å². The Labute approximate surface area is 155 Å². The SMILES string of the molecule is O=C(O)c1c(O)c(=O)n(Cc2cnn(Cc3cncnc3)c2)c2ccsc12. The van der Waals surface area contributed by atoms with Gasteiger partial charge in [-0.1, -0.05) is 0 Å². The van der Waals surface area contributed by atoms with Gasteiger partial charge in [-0.05, 0) is 11.4 Å². The van der Waals surface area contributed by atoms with Crippen LogP contribution in [-0.2, 0) is 13.1 Å². The van der Waals surface area contributed by atoms with Crippen LogP contribution < -0.4 is 5.56 Å². The molecule has 4 rings (SSSR count). The molecule has 4 heterocycles. The Morgan fingerprint density at radius 2 is 1.93 bits per heavy atom. The highest BCUT2D eigenvalue weighted by molar-refractivity contribution is 7.17. The summed E-state index contributed by atoms with van der Waals surface area (Å²) in [4.78, 5) is 31.8. The summed E-state index contributed by atoms with van der Waals surface area (Å²) in [6.07, 6.45) is 8.23. The molecule has 0 unspecified atom stereocenters. The van der Waals surface area contributed by atoms with Crippen molar-refractivity contribution in [1.82, 2.24) is 24.3 Å². The highest BCUT2D eigenvalue weighted by Crippen LogP contribution is 2.29. The molecule has 0 saturated carbocycles. The highest BCUT2D eigenvalue weighted by atomic mass is 32.1. The van der Waals surface area contributed by atoms with Gasteiger partial charge in [0, 0.05) is 29.7 Å². The number of hydrogen-bond acceptors (Lipinski definition) is 7. The molecule has 0 radical (unpaired) electrons. The second-order valence-corrected chi connectivity index (χ2v) is 6.76. The fourth-order valence-electron chi connectivity index (χ4n) is 2.86. The first-order chi connectivity index (χ1) is 13.0. The second-order valence-electron chi connectivity index (χ2n) is 5.85. The maximum atomic E-state index is 12.5. The first-order valence-electron chi connectivity index (χ1n) is 7.86. The van der Waals surface area contributed by atoms with Crippen molar-refractivity contribution in [1.29, 1.82) is 0 Å². The Bertz CT molecular complexity index is 1200. The molecule has 136 valence electrons. The largest absolute Gasteiger partial charge is 0.502 e. The molecule has 27 heavy (non-hydrogen) atoms. The zero-order valence-corrected chi connectivity index (χ0v) is 14.6. The first-order valence-corrected chi connectivity index (χ1v) is 8.74. The van der Waals surface area contributed by atoms with Crippen LogP contribution in [0.4, 0.5) is 0 Å². The summed E-state index contributed by atoms with van der Waals surface area (Å²) in [5, 5.41) is 25.4. The summed E-state index contributed by atoms with van der Waals surface area (Å²) < 4.78 is 3.39. The third kappa shape index (κ3) is 3.06. The third-order valence-electron chi connectivity index (χ3n) is 4.05. The zero-order chi connectivity index (χ0) is 19.0. The van der Waals surface area contributed by atoms with Crippen LogP contribution in [0.15, 0.2) is 47.4 Å². The van der Waals surface area contributed by atoms with E-state index in [9.17, 15) is 19.8 Å². The summed E-state index contributed by atoms with van der Waals surface area (Å²) in [5.74, 6) is -2.09. The molecule has 0 aliphatic carbocycles. The van der Waals surface area contributed by atoms with Gasteiger partial charge in [0.2, 0.25) is 0 Å². The Balaban J connectivity index is 1.70. The number of aromatic nitrogens is 5. The van der Waals surface area contributed by atoms with E-state index in [0.717, 1.165) is 22.5 Å². The van der Waals surface area contributed by atoms with E-state index in [-0.39, 0.29) is 12.1 Å². The molecule has 0 aromatic carbocycles. The topological polar surface area (TPSA) is 123 Å². The maximum absolute atomic E-state index is 12.5. The average molecular weight is 383 g/mol. The van der Waals surface area contributed by atoms with Crippen molar-refractivity contribution in [2.75, 3.05) is 0 Å². The maximum Gasteiger partial charge on any atom is 0.341 e. The predicted octanol–water partition coefficient (Wildman–Crippen LogP) is 1.55. The number of aromatic hydroxyl groups is 1. The molecule has 0 aliphatic heterocycles. The van der Waals surface area contributed by atoms with E-state index in [1.807, 2.05) is 0 Å². The van der Waals surface area contributed by atoms with E-state index in [0.29, 0.717) is 16.8 Å². The predicted molar refractivity (Wildman–Crippen MR) is 97.2 cm³/mol. The summed E-state index contributed by atoms with van der Waals surface area (Å²) >= 11 is 1.16. The van der Waals surface area contributed by atoms with E-state index in [1.54, 1.807) is 40.9 Å². The van der Waals surface area contributed by atoms with E-state index in [4.69, 9.17) is 0 Å². The smallest absolute Gasteiger partial charge is 0.341 e. The Morgan fingerprint density at radius 3 is 2.67 bits per heavy atom. The number of carbonyl (C=O) groups is 1. The quantitative estimate of drug-likeness (QED) is 0.536. The van der Waals surface area contributed by atoms with Crippen LogP contribution in [0.3, 0.4) is 0 Å². The molecular formula is C17H13N5O4S. The molecule has 0 amide bonds. The second kappa shape index (κ2) is 6.65. The molecule has 0 bridgehead atoms. The lowest BCUT2D eigenvalue weighted by atomic mass is 10.2. The zero-order valence-electron chi connectivity index (χ0n) is 13.8. The Hall–Kier alpha value is -3.53. The number of fused-ring (bicyclic) bond motifs is 1. The molecule has 0 fully saturated rings. The lowest BCUT2D eigenvalue weighted by molar-refractivity contribution is 0.0695.